The number of hydrogen-bond donors (Lipinski definition) is 0. The molecular weight excluding hydrogens is 314 g/mol. The molecule has 0 aliphatic rings. The number of ether oxygens (including phenoxy) is 1. The Hall–Kier alpha value is -1.94. The van der Waals surface area contributed by atoms with Crippen LogP contribution in [0.2, 0.25) is 0 Å². The van der Waals surface area contributed by atoms with Gasteiger partial charge in [0.2, 0.25) is 0 Å². The van der Waals surface area contributed by atoms with E-state index in [-0.39, 0.29) is 17.4 Å². The molecule has 120 valence electrons. The number of hydrogen-bond acceptors (Lipinski definition) is 2. The molecule has 2 aromatic carbocycles. The van der Waals surface area contributed by atoms with E-state index in [9.17, 15) is 8.78 Å². The van der Waals surface area contributed by atoms with Crippen LogP contribution in [0.3, 0.4) is 0 Å². The van der Waals surface area contributed by atoms with Gasteiger partial charge in [0.25, 0.3) is 0 Å². The summed E-state index contributed by atoms with van der Waals surface area (Å²) in [6.07, 6.45) is 1.84. The van der Waals surface area contributed by atoms with Crippen molar-refractivity contribution >= 4 is 21.4 Å². The van der Waals surface area contributed by atoms with Crippen molar-refractivity contribution in [2.75, 3.05) is 6.61 Å². The van der Waals surface area contributed by atoms with Crippen molar-refractivity contribution in [3.63, 3.8) is 0 Å². The Morgan fingerprint density at radius 3 is 2.57 bits per heavy atom. The van der Waals surface area contributed by atoms with Gasteiger partial charge in [-0.15, -0.1) is 11.3 Å². The predicted octanol–water partition coefficient (Wildman–Crippen LogP) is 6.20. The Morgan fingerprint density at radius 2 is 1.87 bits per heavy atom. The van der Waals surface area contributed by atoms with Gasteiger partial charge in [0, 0.05) is 10.4 Å². The summed E-state index contributed by atoms with van der Waals surface area (Å²) in [5.41, 5.74) is 1.50. The number of thiophene rings is 1. The topological polar surface area (TPSA) is 9.23 Å². The van der Waals surface area contributed by atoms with Crippen molar-refractivity contribution in [3.8, 4) is 16.2 Å². The van der Waals surface area contributed by atoms with E-state index in [0.717, 1.165) is 28.7 Å². The molecule has 0 bridgehead atoms. The van der Waals surface area contributed by atoms with E-state index in [4.69, 9.17) is 4.74 Å². The summed E-state index contributed by atoms with van der Waals surface area (Å²) in [4.78, 5) is 0.730. The van der Waals surface area contributed by atoms with Gasteiger partial charge in [0.05, 0.1) is 11.3 Å². The van der Waals surface area contributed by atoms with Crippen LogP contribution in [0.15, 0.2) is 36.4 Å². The first-order valence-corrected chi connectivity index (χ1v) is 8.59. The molecule has 0 fully saturated rings. The Labute approximate surface area is 138 Å². The summed E-state index contributed by atoms with van der Waals surface area (Å²) in [5.74, 6) is -0.385. The fourth-order valence-corrected chi connectivity index (χ4v) is 3.77. The normalized spacial score (nSPS) is 11.1. The van der Waals surface area contributed by atoms with E-state index >= 15 is 0 Å². The molecule has 0 aliphatic heterocycles. The van der Waals surface area contributed by atoms with Gasteiger partial charge in [0.1, 0.15) is 5.82 Å². The van der Waals surface area contributed by atoms with Crippen LogP contribution in [0, 0.1) is 11.6 Å². The minimum absolute atomic E-state index is 0.243. The molecular formula is C19H18F2OS. The monoisotopic (exact) mass is 332 g/mol. The highest BCUT2D eigenvalue weighted by Gasteiger charge is 2.15. The Morgan fingerprint density at radius 1 is 1.04 bits per heavy atom. The lowest BCUT2D eigenvalue weighted by molar-refractivity contribution is 0.323. The minimum Gasteiger partial charge on any atom is -0.491 e. The zero-order valence-electron chi connectivity index (χ0n) is 13.2. The van der Waals surface area contributed by atoms with E-state index in [1.165, 1.54) is 11.3 Å². The lowest BCUT2D eigenvalue weighted by Crippen LogP contribution is -1.93. The van der Waals surface area contributed by atoms with Crippen LogP contribution >= 0.6 is 11.3 Å². The summed E-state index contributed by atoms with van der Waals surface area (Å²) in [6, 6.07) is 10.6. The van der Waals surface area contributed by atoms with Gasteiger partial charge >= 0.3 is 0 Å². The van der Waals surface area contributed by atoms with E-state index in [2.05, 4.69) is 6.92 Å². The average Bonchev–Trinajstić information content (AvgIpc) is 2.95. The van der Waals surface area contributed by atoms with Crippen molar-refractivity contribution in [3.05, 3.63) is 53.6 Å². The largest absolute Gasteiger partial charge is 0.491 e. The molecule has 1 nitrogen and oxygen atoms in total. The molecule has 0 radical (unpaired) electrons. The van der Waals surface area contributed by atoms with Crippen LogP contribution in [0.4, 0.5) is 8.78 Å². The lowest BCUT2D eigenvalue weighted by atomic mass is 10.1. The molecule has 0 unspecified atom stereocenters. The molecule has 3 rings (SSSR count). The second-order valence-corrected chi connectivity index (χ2v) is 6.46. The highest BCUT2D eigenvalue weighted by molar-refractivity contribution is 7.22. The second-order valence-electron chi connectivity index (χ2n) is 5.40. The van der Waals surface area contributed by atoms with Crippen LogP contribution in [-0.2, 0) is 6.42 Å². The van der Waals surface area contributed by atoms with E-state index in [1.54, 1.807) is 18.2 Å². The van der Waals surface area contributed by atoms with Gasteiger partial charge in [0.15, 0.2) is 11.6 Å². The highest BCUT2D eigenvalue weighted by atomic mass is 32.1. The minimum atomic E-state index is -0.372. The number of aryl methyl sites for hydroxylation is 1. The van der Waals surface area contributed by atoms with Crippen molar-refractivity contribution in [1.29, 1.82) is 0 Å². The fourth-order valence-electron chi connectivity index (χ4n) is 2.65. The number of fused-ring (bicyclic) bond motifs is 1. The predicted molar refractivity (Wildman–Crippen MR) is 92.3 cm³/mol. The molecule has 0 saturated carbocycles. The summed E-state index contributed by atoms with van der Waals surface area (Å²) in [6.45, 7) is 4.29. The fraction of sp³-hybridized carbons (Fsp3) is 0.263. The van der Waals surface area contributed by atoms with Gasteiger partial charge in [-0.05, 0) is 48.6 Å². The summed E-state index contributed by atoms with van der Waals surface area (Å²) >= 11 is 1.26. The van der Waals surface area contributed by atoms with Crippen molar-refractivity contribution < 1.29 is 13.5 Å². The molecule has 0 atom stereocenters. The molecule has 23 heavy (non-hydrogen) atoms. The average molecular weight is 332 g/mol. The zero-order valence-corrected chi connectivity index (χ0v) is 14.0. The van der Waals surface area contributed by atoms with Gasteiger partial charge < -0.3 is 4.74 Å². The van der Waals surface area contributed by atoms with Crippen LogP contribution in [-0.4, -0.2) is 6.61 Å². The molecule has 0 amide bonds. The second kappa shape index (κ2) is 6.67. The summed E-state index contributed by atoms with van der Waals surface area (Å²) < 4.78 is 34.6. The maximum absolute atomic E-state index is 14.4. The van der Waals surface area contributed by atoms with Gasteiger partial charge in [-0.25, -0.2) is 8.78 Å². The molecule has 1 aromatic heterocycles. The van der Waals surface area contributed by atoms with Gasteiger partial charge in [-0.1, -0.05) is 25.5 Å². The first-order valence-electron chi connectivity index (χ1n) is 7.77. The van der Waals surface area contributed by atoms with Gasteiger partial charge in [-0.2, -0.15) is 0 Å². The Balaban J connectivity index is 2.05. The van der Waals surface area contributed by atoms with Crippen LogP contribution in [0.5, 0.6) is 5.75 Å². The van der Waals surface area contributed by atoms with E-state index < -0.39 is 0 Å². The number of benzene rings is 2. The highest BCUT2D eigenvalue weighted by Crippen LogP contribution is 2.38. The molecule has 1 heterocycles. The Kier molecular flexibility index (Phi) is 4.62. The van der Waals surface area contributed by atoms with Crippen molar-refractivity contribution in [2.45, 2.75) is 26.7 Å². The third kappa shape index (κ3) is 3.08. The first kappa shape index (κ1) is 15.9. The smallest absolute Gasteiger partial charge is 0.182 e. The maximum Gasteiger partial charge on any atom is 0.182 e. The third-order valence-corrected chi connectivity index (χ3v) is 4.90. The summed E-state index contributed by atoms with van der Waals surface area (Å²) in [7, 11) is 0. The number of halogens is 2. The molecule has 0 aliphatic carbocycles. The van der Waals surface area contributed by atoms with Crippen molar-refractivity contribution in [1.82, 2.24) is 0 Å². The molecule has 4 heteroatoms. The van der Waals surface area contributed by atoms with Crippen LogP contribution in [0.25, 0.3) is 20.5 Å². The van der Waals surface area contributed by atoms with Gasteiger partial charge in [-0.3, -0.25) is 0 Å². The van der Waals surface area contributed by atoms with E-state index in [0.29, 0.717) is 16.9 Å². The molecule has 3 aromatic rings. The molecule has 0 N–H and O–H groups in total. The molecule has 0 spiro atoms. The van der Waals surface area contributed by atoms with Crippen molar-refractivity contribution in [2.24, 2.45) is 0 Å². The van der Waals surface area contributed by atoms with E-state index in [1.807, 2.05) is 25.1 Å². The third-order valence-electron chi connectivity index (χ3n) is 3.73. The zero-order chi connectivity index (χ0) is 16.4. The molecule has 0 saturated heterocycles. The van der Waals surface area contributed by atoms with Crippen LogP contribution in [0.1, 0.15) is 25.8 Å². The SMILES string of the molecule is CCCc1ccc(-c2cc3ccc(OCC)c(F)c3s2)c(F)c1. The quantitative estimate of drug-likeness (QED) is 0.540. The standard InChI is InChI=1S/C19H18F2OS/c1-3-5-12-6-8-14(15(20)10-12)17-11-13-7-9-16(22-4-2)18(21)19(13)23-17/h6-11H,3-5H2,1-2H3. The van der Waals surface area contributed by atoms with Crippen LogP contribution < -0.4 is 4.74 Å². The maximum atomic E-state index is 14.4. The Bertz CT molecular complexity index is 839. The first-order chi connectivity index (χ1) is 11.1. The lowest BCUT2D eigenvalue weighted by Gasteiger charge is -2.04. The number of rotatable bonds is 5. The summed E-state index contributed by atoms with van der Waals surface area (Å²) in [5, 5.41) is 0.767.